The average Bonchev–Trinajstić information content (AvgIpc) is 3.55. The summed E-state index contributed by atoms with van der Waals surface area (Å²) in [6.45, 7) is 3.11. The Labute approximate surface area is 228 Å². The third kappa shape index (κ3) is 5.51. The van der Waals surface area contributed by atoms with Gasteiger partial charge in [-0.3, -0.25) is 14.7 Å². The zero-order chi connectivity index (χ0) is 26.0. The molecule has 1 aromatic carbocycles. The highest BCUT2D eigenvalue weighted by molar-refractivity contribution is 7.91. The summed E-state index contributed by atoms with van der Waals surface area (Å²) in [6, 6.07) is 14.4. The van der Waals surface area contributed by atoms with Gasteiger partial charge in [-0.25, -0.2) is 13.4 Å². The quantitative estimate of drug-likeness (QED) is 0.277. The number of nitrogens with zero attached hydrogens (tertiary/aromatic N) is 4. The first-order chi connectivity index (χ1) is 17.9. The zero-order valence-corrected chi connectivity index (χ0v) is 23.2. The summed E-state index contributed by atoms with van der Waals surface area (Å²) in [6.07, 6.45) is 2.86. The summed E-state index contributed by atoms with van der Waals surface area (Å²) >= 11 is 8.42. The van der Waals surface area contributed by atoms with E-state index in [1.165, 1.54) is 21.7 Å². The van der Waals surface area contributed by atoms with Gasteiger partial charge >= 0.3 is 0 Å². The van der Waals surface area contributed by atoms with Gasteiger partial charge in [0.25, 0.3) is 10.0 Å². The predicted octanol–water partition coefficient (Wildman–Crippen LogP) is 5.44. The second-order valence-corrected chi connectivity index (χ2v) is 13.4. The van der Waals surface area contributed by atoms with Crippen LogP contribution in [0.4, 0.5) is 5.13 Å². The van der Waals surface area contributed by atoms with E-state index in [0.29, 0.717) is 52.4 Å². The van der Waals surface area contributed by atoms with Crippen molar-refractivity contribution in [3.63, 3.8) is 0 Å². The van der Waals surface area contributed by atoms with E-state index in [9.17, 15) is 13.2 Å². The maximum absolute atomic E-state index is 14.0. The van der Waals surface area contributed by atoms with Gasteiger partial charge in [0.15, 0.2) is 5.13 Å². The fourth-order valence-corrected chi connectivity index (χ4v) is 8.49. The van der Waals surface area contributed by atoms with E-state index in [2.05, 4.69) is 4.98 Å². The third-order valence-corrected chi connectivity index (χ3v) is 10.7. The topological polar surface area (TPSA) is 92.7 Å². The smallest absolute Gasteiger partial charge is 0.252 e. The van der Waals surface area contributed by atoms with Crippen molar-refractivity contribution in [2.24, 2.45) is 5.92 Å². The van der Waals surface area contributed by atoms with Crippen LogP contribution in [0.15, 0.2) is 58.9 Å². The van der Waals surface area contributed by atoms with E-state index in [0.717, 1.165) is 16.0 Å². The molecule has 1 atom stereocenters. The summed E-state index contributed by atoms with van der Waals surface area (Å²) in [7, 11) is -3.73. The second-order valence-electron chi connectivity index (χ2n) is 8.54. The van der Waals surface area contributed by atoms with Gasteiger partial charge in [-0.15, -0.1) is 11.3 Å². The highest BCUT2D eigenvalue weighted by Crippen LogP contribution is 2.37. The molecular weight excluding hydrogens is 552 g/mol. The van der Waals surface area contributed by atoms with Gasteiger partial charge < -0.3 is 4.74 Å². The van der Waals surface area contributed by atoms with E-state index in [1.54, 1.807) is 17.2 Å². The molecule has 0 spiro atoms. The predicted molar refractivity (Wildman–Crippen MR) is 147 cm³/mol. The molecule has 8 nitrogen and oxygen atoms in total. The number of hydrogen-bond donors (Lipinski definition) is 0. The number of benzene rings is 1. The molecule has 0 saturated carbocycles. The Morgan fingerprint density at radius 3 is 2.78 bits per heavy atom. The van der Waals surface area contributed by atoms with Crippen molar-refractivity contribution in [3.8, 4) is 5.75 Å². The standard InChI is InChI=1S/C25H25ClN4O4S3/c1-2-34-19-9-5-10-20-23(19)28-25(35-20)30(16-18-8-3-4-13-27-18)24(31)17-7-6-14-29(15-17)37(32,33)22-12-11-21(26)36-22/h3-5,8-13,17H,2,6-7,14-16H2,1H3. The number of thiophene rings is 1. The minimum Gasteiger partial charge on any atom is -0.492 e. The van der Waals surface area contributed by atoms with E-state index < -0.39 is 15.9 Å². The zero-order valence-electron chi connectivity index (χ0n) is 20.0. The number of carbonyl (C=O) groups excluding carboxylic acids is 1. The average molecular weight is 577 g/mol. The number of ether oxygens (including phenoxy) is 1. The second kappa shape index (κ2) is 11.0. The summed E-state index contributed by atoms with van der Waals surface area (Å²) < 4.78 is 35.1. The first-order valence-corrected chi connectivity index (χ1v) is 15.3. The van der Waals surface area contributed by atoms with Crippen molar-refractivity contribution in [2.75, 3.05) is 24.6 Å². The number of rotatable bonds is 8. The van der Waals surface area contributed by atoms with Crippen LogP contribution in [0.2, 0.25) is 4.34 Å². The van der Waals surface area contributed by atoms with Crippen LogP contribution in [-0.4, -0.2) is 48.3 Å². The fraction of sp³-hybridized carbons (Fsp3) is 0.320. The molecule has 37 heavy (non-hydrogen) atoms. The number of piperidine rings is 1. The summed E-state index contributed by atoms with van der Waals surface area (Å²) in [5.74, 6) is -0.0231. The lowest BCUT2D eigenvalue weighted by Gasteiger charge is -2.33. The molecule has 1 aliphatic rings. The summed E-state index contributed by atoms with van der Waals surface area (Å²) in [5, 5.41) is 0.530. The Kier molecular flexibility index (Phi) is 7.77. The first-order valence-electron chi connectivity index (χ1n) is 11.9. The normalized spacial score (nSPS) is 16.6. The Morgan fingerprint density at radius 1 is 1.19 bits per heavy atom. The van der Waals surface area contributed by atoms with Gasteiger partial charge in [-0.05, 0) is 56.2 Å². The van der Waals surface area contributed by atoms with Gasteiger partial charge in [0.1, 0.15) is 15.5 Å². The molecule has 4 heterocycles. The SMILES string of the molecule is CCOc1cccc2sc(N(Cc3ccccn3)C(=O)C3CCCN(S(=O)(=O)c4ccc(Cl)s4)C3)nc12. The molecule has 0 radical (unpaired) electrons. The third-order valence-electron chi connectivity index (χ3n) is 6.09. The summed E-state index contributed by atoms with van der Waals surface area (Å²) in [4.78, 5) is 24.8. The van der Waals surface area contributed by atoms with Crippen molar-refractivity contribution >= 4 is 65.6 Å². The molecule has 1 unspecified atom stereocenters. The Hall–Kier alpha value is -2.57. The molecule has 1 fully saturated rings. The van der Waals surface area contributed by atoms with Gasteiger partial charge in [0, 0.05) is 19.3 Å². The van der Waals surface area contributed by atoms with Crippen molar-refractivity contribution in [2.45, 2.75) is 30.5 Å². The van der Waals surface area contributed by atoms with Gasteiger partial charge in [-0.1, -0.05) is 35.1 Å². The largest absolute Gasteiger partial charge is 0.492 e. The molecule has 1 saturated heterocycles. The van der Waals surface area contributed by atoms with Crippen molar-refractivity contribution in [3.05, 3.63) is 64.8 Å². The maximum Gasteiger partial charge on any atom is 0.252 e. The highest BCUT2D eigenvalue weighted by atomic mass is 35.5. The molecule has 1 aliphatic heterocycles. The van der Waals surface area contributed by atoms with Gasteiger partial charge in [-0.2, -0.15) is 4.31 Å². The lowest BCUT2D eigenvalue weighted by Crippen LogP contribution is -2.46. The van der Waals surface area contributed by atoms with Crippen molar-refractivity contribution in [1.82, 2.24) is 14.3 Å². The Bertz CT molecular complexity index is 1510. The van der Waals surface area contributed by atoms with E-state index in [4.69, 9.17) is 21.3 Å². The minimum absolute atomic E-state index is 0.102. The number of carbonyl (C=O) groups is 1. The number of amides is 1. The molecule has 0 aliphatic carbocycles. The van der Waals surface area contributed by atoms with Crippen LogP contribution in [0.1, 0.15) is 25.5 Å². The monoisotopic (exact) mass is 576 g/mol. The number of thiazole rings is 1. The lowest BCUT2D eigenvalue weighted by molar-refractivity contribution is -0.123. The number of fused-ring (bicyclic) bond motifs is 1. The van der Waals surface area contributed by atoms with Crippen LogP contribution in [-0.2, 0) is 21.4 Å². The molecule has 1 amide bonds. The molecule has 4 aromatic rings. The number of hydrogen-bond acceptors (Lipinski definition) is 8. The molecule has 12 heteroatoms. The molecule has 194 valence electrons. The molecular formula is C25H25ClN4O4S3. The Morgan fingerprint density at radius 2 is 2.05 bits per heavy atom. The van der Waals surface area contributed by atoms with Crippen LogP contribution in [0.25, 0.3) is 10.2 Å². The number of para-hydroxylation sites is 1. The Balaban J connectivity index is 1.47. The summed E-state index contributed by atoms with van der Waals surface area (Å²) in [5.41, 5.74) is 1.42. The highest BCUT2D eigenvalue weighted by Gasteiger charge is 2.37. The number of aromatic nitrogens is 2. The molecule has 0 bridgehead atoms. The van der Waals surface area contributed by atoms with Crippen molar-refractivity contribution in [1.29, 1.82) is 0 Å². The van der Waals surface area contributed by atoms with Crippen LogP contribution in [0.3, 0.4) is 0 Å². The van der Waals surface area contributed by atoms with Crippen LogP contribution in [0.5, 0.6) is 5.75 Å². The molecule has 5 rings (SSSR count). The van der Waals surface area contributed by atoms with Crippen LogP contribution in [0, 0.1) is 5.92 Å². The number of halogens is 1. The van der Waals surface area contributed by atoms with E-state index in [-0.39, 0.29) is 23.2 Å². The minimum atomic E-state index is -3.73. The van der Waals surface area contributed by atoms with E-state index in [1.807, 2.05) is 43.3 Å². The van der Waals surface area contributed by atoms with Crippen LogP contribution < -0.4 is 9.64 Å². The van der Waals surface area contributed by atoms with E-state index >= 15 is 0 Å². The fourth-order valence-electron chi connectivity index (χ4n) is 4.34. The molecule has 3 aromatic heterocycles. The number of anilines is 1. The molecule has 0 N–H and O–H groups in total. The van der Waals surface area contributed by atoms with Gasteiger partial charge in [0.2, 0.25) is 5.91 Å². The van der Waals surface area contributed by atoms with Gasteiger partial charge in [0.05, 0.1) is 33.8 Å². The van der Waals surface area contributed by atoms with Crippen LogP contribution >= 0.6 is 34.3 Å². The maximum atomic E-state index is 14.0. The first kappa shape index (κ1) is 26.1. The number of sulfonamides is 1. The lowest BCUT2D eigenvalue weighted by atomic mass is 9.98. The number of pyridine rings is 1. The van der Waals surface area contributed by atoms with Crippen molar-refractivity contribution < 1.29 is 17.9 Å².